The van der Waals surface area contributed by atoms with E-state index >= 15 is 0 Å². The third-order valence-corrected chi connectivity index (χ3v) is 7.43. The van der Waals surface area contributed by atoms with Crippen LogP contribution in [-0.4, -0.2) is 56.3 Å². The van der Waals surface area contributed by atoms with Crippen LogP contribution in [-0.2, 0) is 11.2 Å². The highest BCUT2D eigenvalue weighted by molar-refractivity contribution is 5.88. The fraction of sp³-hybridized carbons (Fsp3) is 0.720. The van der Waals surface area contributed by atoms with E-state index in [0.29, 0.717) is 18.0 Å². The monoisotopic (exact) mass is 427 g/mol. The fourth-order valence-electron chi connectivity index (χ4n) is 5.60. The van der Waals surface area contributed by atoms with E-state index in [2.05, 4.69) is 58.6 Å². The van der Waals surface area contributed by atoms with Crippen molar-refractivity contribution >= 4 is 11.6 Å². The first kappa shape index (κ1) is 22.6. The van der Waals surface area contributed by atoms with Crippen LogP contribution in [0.25, 0.3) is 0 Å². The molecule has 5 atom stereocenters. The highest BCUT2D eigenvalue weighted by Gasteiger charge is 2.33. The minimum absolute atomic E-state index is 0.143. The summed E-state index contributed by atoms with van der Waals surface area (Å²) in [6.07, 6.45) is 7.87. The molecular weight excluding hydrogens is 386 g/mol. The topological polar surface area (TPSA) is 77.2 Å². The summed E-state index contributed by atoms with van der Waals surface area (Å²) < 4.78 is 0. The van der Waals surface area contributed by atoms with Crippen LogP contribution in [0.3, 0.4) is 0 Å². The SMILES string of the molecule is Cc1cccc2c1NC(C(=O)NC(CCCNC1CCCNC1)C1NCCCC1C)C2. The van der Waals surface area contributed by atoms with E-state index in [-0.39, 0.29) is 18.0 Å². The highest BCUT2D eigenvalue weighted by atomic mass is 16.2. The third-order valence-electron chi connectivity index (χ3n) is 7.43. The Morgan fingerprint density at radius 3 is 2.87 bits per heavy atom. The van der Waals surface area contributed by atoms with E-state index < -0.39 is 0 Å². The number of carbonyl (C=O) groups is 1. The number of nitrogens with one attached hydrogen (secondary N) is 5. The number of amides is 1. The van der Waals surface area contributed by atoms with Gasteiger partial charge in [0.05, 0.1) is 0 Å². The number of benzene rings is 1. The number of rotatable bonds is 8. The summed E-state index contributed by atoms with van der Waals surface area (Å²) in [6.45, 7) is 8.74. The third kappa shape index (κ3) is 5.79. The van der Waals surface area contributed by atoms with Gasteiger partial charge in [-0.15, -0.1) is 0 Å². The molecule has 6 heteroatoms. The van der Waals surface area contributed by atoms with Gasteiger partial charge in [0.2, 0.25) is 5.91 Å². The molecule has 0 bridgehead atoms. The quantitative estimate of drug-likeness (QED) is 0.412. The van der Waals surface area contributed by atoms with Gasteiger partial charge in [-0.1, -0.05) is 25.1 Å². The lowest BCUT2D eigenvalue weighted by molar-refractivity contribution is -0.122. The average Bonchev–Trinajstić information content (AvgIpc) is 3.23. The van der Waals surface area contributed by atoms with Gasteiger partial charge >= 0.3 is 0 Å². The molecule has 0 spiro atoms. The average molecular weight is 428 g/mol. The zero-order valence-electron chi connectivity index (χ0n) is 19.3. The van der Waals surface area contributed by atoms with Crippen LogP contribution in [0.5, 0.6) is 0 Å². The van der Waals surface area contributed by atoms with Gasteiger partial charge in [0.25, 0.3) is 0 Å². The van der Waals surface area contributed by atoms with Crippen LogP contribution in [0.4, 0.5) is 5.69 Å². The molecule has 6 nitrogen and oxygen atoms in total. The van der Waals surface area contributed by atoms with Crippen LogP contribution in [0.1, 0.15) is 56.6 Å². The van der Waals surface area contributed by atoms with Crippen LogP contribution < -0.4 is 26.6 Å². The lowest BCUT2D eigenvalue weighted by atomic mass is 9.85. The molecule has 4 rings (SSSR count). The molecule has 1 aromatic carbocycles. The predicted molar refractivity (Wildman–Crippen MR) is 128 cm³/mol. The van der Waals surface area contributed by atoms with Crippen LogP contribution in [0.15, 0.2) is 18.2 Å². The minimum Gasteiger partial charge on any atom is -0.373 e. The molecule has 5 N–H and O–H groups in total. The van der Waals surface area contributed by atoms with Gasteiger partial charge in [0.1, 0.15) is 6.04 Å². The van der Waals surface area contributed by atoms with Gasteiger partial charge in [0, 0.05) is 36.8 Å². The maximum atomic E-state index is 13.2. The van der Waals surface area contributed by atoms with Gasteiger partial charge in [0.15, 0.2) is 0 Å². The number of aryl methyl sites for hydroxylation is 1. The zero-order chi connectivity index (χ0) is 21.6. The number of hydrogen-bond acceptors (Lipinski definition) is 5. The number of fused-ring (bicyclic) bond motifs is 1. The van der Waals surface area contributed by atoms with Crippen molar-refractivity contribution in [3.05, 3.63) is 29.3 Å². The number of carbonyl (C=O) groups excluding carboxylic acids is 1. The van der Waals surface area contributed by atoms with Crippen molar-refractivity contribution in [3.8, 4) is 0 Å². The standard InChI is InChI=1S/C25H41N5O/c1-17-7-3-9-19-15-22(29-23(17)19)25(31)30-21(24-18(2)8-4-14-28-24)11-6-13-27-20-10-5-12-26-16-20/h3,7,9,18,20-22,24,26-29H,4-6,8,10-16H2,1-2H3,(H,30,31). The van der Waals surface area contributed by atoms with Crippen molar-refractivity contribution in [1.82, 2.24) is 21.3 Å². The molecule has 31 heavy (non-hydrogen) atoms. The Morgan fingerprint density at radius 2 is 2.10 bits per heavy atom. The summed E-state index contributed by atoms with van der Waals surface area (Å²) >= 11 is 0. The largest absolute Gasteiger partial charge is 0.373 e. The molecule has 0 radical (unpaired) electrons. The van der Waals surface area contributed by atoms with Gasteiger partial charge < -0.3 is 26.6 Å². The van der Waals surface area contributed by atoms with Crippen LogP contribution in [0.2, 0.25) is 0 Å². The number of hydrogen-bond donors (Lipinski definition) is 5. The van der Waals surface area contributed by atoms with Crippen LogP contribution in [0, 0.1) is 12.8 Å². The molecule has 1 aromatic rings. The van der Waals surface area contributed by atoms with E-state index in [0.717, 1.165) is 51.1 Å². The smallest absolute Gasteiger partial charge is 0.243 e. The number of piperidine rings is 2. The molecule has 0 aliphatic carbocycles. The summed E-state index contributed by atoms with van der Waals surface area (Å²) in [5.41, 5.74) is 3.62. The van der Waals surface area contributed by atoms with Crippen molar-refractivity contribution < 1.29 is 4.79 Å². The van der Waals surface area contributed by atoms with Crippen molar-refractivity contribution in [2.45, 2.75) is 83.0 Å². The Kier molecular flexibility index (Phi) is 7.86. The molecule has 2 fully saturated rings. The second-order valence-electron chi connectivity index (χ2n) is 9.86. The summed E-state index contributed by atoms with van der Waals surface area (Å²) in [6, 6.07) is 7.30. The Labute approximate surface area is 187 Å². The maximum Gasteiger partial charge on any atom is 0.243 e. The summed E-state index contributed by atoms with van der Waals surface area (Å²) in [4.78, 5) is 13.2. The molecule has 3 heterocycles. The van der Waals surface area contributed by atoms with Crippen molar-refractivity contribution in [2.75, 3.05) is 31.5 Å². The Morgan fingerprint density at radius 1 is 1.23 bits per heavy atom. The number of para-hydroxylation sites is 1. The first-order valence-corrected chi connectivity index (χ1v) is 12.4. The minimum atomic E-state index is -0.163. The summed E-state index contributed by atoms with van der Waals surface area (Å²) in [5, 5.41) is 17.8. The van der Waals surface area contributed by atoms with E-state index in [4.69, 9.17) is 0 Å². The molecule has 3 aliphatic rings. The van der Waals surface area contributed by atoms with Gasteiger partial charge in [-0.25, -0.2) is 0 Å². The molecular formula is C25H41N5O. The van der Waals surface area contributed by atoms with Crippen molar-refractivity contribution in [3.63, 3.8) is 0 Å². The zero-order valence-corrected chi connectivity index (χ0v) is 19.3. The predicted octanol–water partition coefficient (Wildman–Crippen LogP) is 2.33. The molecule has 3 aliphatic heterocycles. The molecule has 1 amide bonds. The maximum absolute atomic E-state index is 13.2. The van der Waals surface area contributed by atoms with E-state index in [1.165, 1.54) is 36.8 Å². The first-order chi connectivity index (χ1) is 15.1. The summed E-state index contributed by atoms with van der Waals surface area (Å²) in [5.74, 6) is 0.732. The summed E-state index contributed by atoms with van der Waals surface area (Å²) in [7, 11) is 0. The van der Waals surface area contributed by atoms with Gasteiger partial charge in [-0.3, -0.25) is 4.79 Å². The van der Waals surface area contributed by atoms with E-state index in [1.807, 2.05) is 0 Å². The molecule has 2 saturated heterocycles. The normalized spacial score (nSPS) is 29.1. The molecule has 0 saturated carbocycles. The van der Waals surface area contributed by atoms with Crippen molar-refractivity contribution in [2.24, 2.45) is 5.92 Å². The Balaban J connectivity index is 1.32. The Hall–Kier alpha value is -1.63. The van der Waals surface area contributed by atoms with Crippen molar-refractivity contribution in [1.29, 1.82) is 0 Å². The lowest BCUT2D eigenvalue weighted by Gasteiger charge is -2.37. The first-order valence-electron chi connectivity index (χ1n) is 12.4. The Bertz CT molecular complexity index is 733. The lowest BCUT2D eigenvalue weighted by Crippen LogP contribution is -2.57. The molecule has 0 aromatic heterocycles. The second-order valence-corrected chi connectivity index (χ2v) is 9.86. The van der Waals surface area contributed by atoms with E-state index in [9.17, 15) is 4.79 Å². The second kappa shape index (κ2) is 10.8. The molecule has 5 unspecified atom stereocenters. The van der Waals surface area contributed by atoms with Gasteiger partial charge in [-0.05, 0) is 82.1 Å². The van der Waals surface area contributed by atoms with E-state index in [1.54, 1.807) is 0 Å². The highest BCUT2D eigenvalue weighted by Crippen LogP contribution is 2.29. The molecule has 172 valence electrons. The fourth-order valence-corrected chi connectivity index (χ4v) is 5.60. The number of anilines is 1. The van der Waals surface area contributed by atoms with Gasteiger partial charge in [-0.2, -0.15) is 0 Å². The van der Waals surface area contributed by atoms with Crippen LogP contribution >= 0.6 is 0 Å².